The summed E-state index contributed by atoms with van der Waals surface area (Å²) in [6, 6.07) is 1.24. The van der Waals surface area contributed by atoms with Crippen molar-refractivity contribution in [2.75, 3.05) is 26.0 Å². The number of aliphatic carboxylic acids is 1. The van der Waals surface area contributed by atoms with Crippen molar-refractivity contribution in [3.8, 4) is 0 Å². The van der Waals surface area contributed by atoms with E-state index in [-0.39, 0.29) is 12.0 Å². The highest BCUT2D eigenvalue weighted by atomic mass is 32.1. The summed E-state index contributed by atoms with van der Waals surface area (Å²) in [4.78, 5) is 37.3. The maximum atomic E-state index is 12.3. The van der Waals surface area contributed by atoms with E-state index in [0.717, 1.165) is 4.88 Å². The van der Waals surface area contributed by atoms with E-state index >= 15 is 0 Å². The fourth-order valence-electron chi connectivity index (χ4n) is 1.88. The first-order valence-corrected chi connectivity index (χ1v) is 8.26. The molecule has 134 valence electrons. The van der Waals surface area contributed by atoms with Crippen LogP contribution < -0.4 is 5.32 Å². The molecule has 0 saturated heterocycles. The number of carboxylic acid groups (broad SMARTS) is 1. The van der Waals surface area contributed by atoms with E-state index in [2.05, 4.69) is 5.32 Å². The number of hydrogen-bond donors (Lipinski definition) is 2. The van der Waals surface area contributed by atoms with Gasteiger partial charge < -0.3 is 14.7 Å². The molecule has 0 aliphatic carbocycles. The first-order chi connectivity index (χ1) is 11.0. The highest BCUT2D eigenvalue weighted by Gasteiger charge is 2.25. The first-order valence-electron chi connectivity index (χ1n) is 7.45. The maximum Gasteiger partial charge on any atom is 0.340 e. The Morgan fingerprint density at radius 1 is 1.38 bits per heavy atom. The number of carboxylic acids is 1. The van der Waals surface area contributed by atoms with E-state index in [4.69, 9.17) is 9.84 Å². The number of esters is 1. The molecule has 0 spiro atoms. The number of hydrogen-bond acceptors (Lipinski definition) is 5. The zero-order valence-corrected chi connectivity index (χ0v) is 15.6. The minimum Gasteiger partial charge on any atom is -0.481 e. The number of amides is 2. The molecule has 1 unspecified atom stereocenters. The van der Waals surface area contributed by atoms with Crippen molar-refractivity contribution in [2.45, 2.75) is 33.1 Å². The molecule has 1 aromatic heterocycles. The quantitative estimate of drug-likeness (QED) is 0.791. The minimum atomic E-state index is -0.976. The smallest absolute Gasteiger partial charge is 0.340 e. The van der Waals surface area contributed by atoms with Crippen molar-refractivity contribution < 1.29 is 24.2 Å². The Morgan fingerprint density at radius 3 is 2.42 bits per heavy atom. The Hall–Kier alpha value is -2.09. The Balaban J connectivity index is 3.00. The SMILES string of the molecule is COC(=O)c1cc(C(C)(C)C)sc1NC(=O)N(C)CC(C)C(=O)O. The summed E-state index contributed by atoms with van der Waals surface area (Å²) < 4.78 is 4.77. The molecule has 0 aliphatic rings. The number of rotatable bonds is 5. The van der Waals surface area contributed by atoms with Gasteiger partial charge in [-0.05, 0) is 11.5 Å². The molecule has 0 saturated carbocycles. The van der Waals surface area contributed by atoms with Crippen LogP contribution in [0, 0.1) is 5.92 Å². The number of nitrogens with zero attached hydrogens (tertiary/aromatic N) is 1. The summed E-state index contributed by atoms with van der Waals surface area (Å²) in [5, 5.41) is 12.0. The second-order valence-electron chi connectivity index (χ2n) is 6.64. The zero-order chi connectivity index (χ0) is 18.7. The molecule has 0 aliphatic heterocycles. The molecule has 0 aromatic carbocycles. The monoisotopic (exact) mass is 356 g/mol. The van der Waals surface area contributed by atoms with E-state index in [1.807, 2.05) is 20.8 Å². The highest BCUT2D eigenvalue weighted by Crippen LogP contribution is 2.36. The molecule has 1 rings (SSSR count). The fourth-order valence-corrected chi connectivity index (χ4v) is 2.97. The third-order valence-electron chi connectivity index (χ3n) is 3.41. The van der Waals surface area contributed by atoms with E-state index in [1.54, 1.807) is 6.07 Å². The van der Waals surface area contributed by atoms with Gasteiger partial charge in [0.2, 0.25) is 0 Å². The maximum absolute atomic E-state index is 12.3. The molecule has 2 N–H and O–H groups in total. The summed E-state index contributed by atoms with van der Waals surface area (Å²) in [6.45, 7) is 7.60. The van der Waals surface area contributed by atoms with Gasteiger partial charge in [-0.3, -0.25) is 10.1 Å². The summed E-state index contributed by atoms with van der Waals surface area (Å²) in [7, 11) is 2.79. The van der Waals surface area contributed by atoms with Gasteiger partial charge in [-0.25, -0.2) is 9.59 Å². The largest absolute Gasteiger partial charge is 0.481 e. The average Bonchev–Trinajstić information content (AvgIpc) is 2.90. The number of carbonyl (C=O) groups is 3. The van der Waals surface area contributed by atoms with Gasteiger partial charge in [0.05, 0.1) is 18.6 Å². The summed E-state index contributed by atoms with van der Waals surface area (Å²) in [6.07, 6.45) is 0. The van der Waals surface area contributed by atoms with Crippen molar-refractivity contribution in [1.29, 1.82) is 0 Å². The second kappa shape index (κ2) is 7.65. The van der Waals surface area contributed by atoms with Gasteiger partial charge in [0, 0.05) is 18.5 Å². The molecule has 1 atom stereocenters. The number of methoxy groups -OCH3 is 1. The Bertz CT molecular complexity index is 633. The highest BCUT2D eigenvalue weighted by molar-refractivity contribution is 7.16. The Kier molecular flexibility index (Phi) is 6.36. The van der Waals surface area contributed by atoms with Crippen LogP contribution in [0.25, 0.3) is 0 Å². The van der Waals surface area contributed by atoms with Crippen LogP contribution in [0.2, 0.25) is 0 Å². The van der Waals surface area contributed by atoms with Crippen LogP contribution in [0.5, 0.6) is 0 Å². The Morgan fingerprint density at radius 2 is 1.96 bits per heavy atom. The molecule has 7 nitrogen and oxygen atoms in total. The molecular weight excluding hydrogens is 332 g/mol. The van der Waals surface area contributed by atoms with Gasteiger partial charge >= 0.3 is 18.0 Å². The number of nitrogens with one attached hydrogen (secondary N) is 1. The molecule has 2 amide bonds. The number of anilines is 1. The normalized spacial score (nSPS) is 12.4. The van der Waals surface area contributed by atoms with Crippen LogP contribution in [-0.2, 0) is 14.9 Å². The zero-order valence-electron chi connectivity index (χ0n) is 14.8. The molecular formula is C16H24N2O5S. The number of thiophene rings is 1. The third-order valence-corrected chi connectivity index (χ3v) is 4.89. The molecule has 0 bridgehead atoms. The minimum absolute atomic E-state index is 0.0617. The first kappa shape index (κ1) is 20.0. The lowest BCUT2D eigenvalue weighted by Gasteiger charge is -2.20. The van der Waals surface area contributed by atoms with Crippen LogP contribution in [0.4, 0.5) is 9.80 Å². The van der Waals surface area contributed by atoms with Crippen molar-refractivity contribution >= 4 is 34.3 Å². The van der Waals surface area contributed by atoms with Crippen molar-refractivity contribution in [3.05, 3.63) is 16.5 Å². The second-order valence-corrected chi connectivity index (χ2v) is 7.70. The van der Waals surface area contributed by atoms with Gasteiger partial charge in [-0.15, -0.1) is 11.3 Å². The number of carbonyl (C=O) groups excluding carboxylic acids is 2. The summed E-state index contributed by atoms with van der Waals surface area (Å²) in [5.74, 6) is -2.19. The van der Waals surface area contributed by atoms with E-state index < -0.39 is 23.9 Å². The molecule has 0 fully saturated rings. The summed E-state index contributed by atoms with van der Waals surface area (Å²) in [5.41, 5.74) is 0.112. The van der Waals surface area contributed by atoms with Crippen LogP contribution in [-0.4, -0.2) is 48.7 Å². The van der Waals surface area contributed by atoms with Gasteiger partial charge in [-0.1, -0.05) is 27.7 Å². The van der Waals surface area contributed by atoms with Crippen molar-refractivity contribution in [3.63, 3.8) is 0 Å². The van der Waals surface area contributed by atoms with E-state index in [1.165, 1.54) is 37.3 Å². The lowest BCUT2D eigenvalue weighted by atomic mass is 9.94. The predicted octanol–water partition coefficient (Wildman–Crippen LogP) is 3.02. The third kappa shape index (κ3) is 4.95. The number of urea groups is 1. The molecule has 1 heterocycles. The van der Waals surface area contributed by atoms with Crippen molar-refractivity contribution in [2.24, 2.45) is 5.92 Å². The summed E-state index contributed by atoms with van der Waals surface area (Å²) >= 11 is 1.31. The molecule has 1 aromatic rings. The van der Waals surface area contributed by atoms with Gasteiger partial charge in [0.15, 0.2) is 0 Å². The fraction of sp³-hybridized carbons (Fsp3) is 0.562. The van der Waals surface area contributed by atoms with Gasteiger partial charge in [0.25, 0.3) is 0 Å². The van der Waals surface area contributed by atoms with Crippen LogP contribution in [0.3, 0.4) is 0 Å². The lowest BCUT2D eigenvalue weighted by Crippen LogP contribution is -2.36. The van der Waals surface area contributed by atoms with Gasteiger partial charge in [-0.2, -0.15) is 0 Å². The molecule has 8 heteroatoms. The van der Waals surface area contributed by atoms with E-state index in [0.29, 0.717) is 10.6 Å². The predicted molar refractivity (Wildman–Crippen MR) is 92.8 cm³/mol. The molecule has 0 radical (unpaired) electrons. The van der Waals surface area contributed by atoms with Crippen LogP contribution >= 0.6 is 11.3 Å². The average molecular weight is 356 g/mol. The Labute approximate surface area is 145 Å². The molecule has 24 heavy (non-hydrogen) atoms. The topological polar surface area (TPSA) is 95.9 Å². The number of ether oxygens (including phenoxy) is 1. The van der Waals surface area contributed by atoms with Gasteiger partial charge in [0.1, 0.15) is 5.00 Å². The van der Waals surface area contributed by atoms with Crippen molar-refractivity contribution in [1.82, 2.24) is 4.90 Å². The standard InChI is InChI=1S/C16H24N2O5S/c1-9(13(19)20)8-18(5)15(22)17-12-10(14(21)23-6)7-11(24-12)16(2,3)4/h7,9H,8H2,1-6H3,(H,17,22)(H,19,20). The van der Waals surface area contributed by atoms with Crippen LogP contribution in [0.15, 0.2) is 6.07 Å². The van der Waals surface area contributed by atoms with E-state index in [9.17, 15) is 14.4 Å². The van der Waals surface area contributed by atoms with Crippen LogP contribution in [0.1, 0.15) is 42.9 Å². The lowest BCUT2D eigenvalue weighted by molar-refractivity contribution is -0.141.